The van der Waals surface area contributed by atoms with Gasteiger partial charge in [0.2, 0.25) is 0 Å². The maximum atomic E-state index is 11.3. The van der Waals surface area contributed by atoms with Gasteiger partial charge in [-0.05, 0) is 12.3 Å². The van der Waals surface area contributed by atoms with E-state index in [1.165, 1.54) is 12.0 Å². The summed E-state index contributed by atoms with van der Waals surface area (Å²) in [6.45, 7) is 10.3. The monoisotopic (exact) mass is 424 g/mol. The van der Waals surface area contributed by atoms with Gasteiger partial charge in [0.05, 0.1) is 12.6 Å². The van der Waals surface area contributed by atoms with Crippen molar-refractivity contribution in [3.05, 3.63) is 0 Å². The van der Waals surface area contributed by atoms with Crippen molar-refractivity contribution in [3.63, 3.8) is 0 Å². The van der Waals surface area contributed by atoms with Crippen LogP contribution >= 0.6 is 12.4 Å². The van der Waals surface area contributed by atoms with Crippen molar-refractivity contribution in [3.8, 4) is 0 Å². The number of carbonyl (C=O) groups is 3. The average Bonchev–Trinajstić information content (AvgIpc) is 2.61. The Morgan fingerprint density at radius 1 is 1.11 bits per heavy atom. The second-order valence-electron chi connectivity index (χ2n) is 7.79. The van der Waals surface area contributed by atoms with Gasteiger partial charge < -0.3 is 30.9 Å². The molecule has 2 aliphatic rings. The Balaban J connectivity index is 0.000000567. The number of esters is 1. The van der Waals surface area contributed by atoms with Crippen LogP contribution in [0.1, 0.15) is 27.7 Å². The predicted octanol–water partition coefficient (Wildman–Crippen LogP) is -0.0298. The Kier molecular flexibility index (Phi) is 10.2. The Hall–Kier alpha value is -1.62. The van der Waals surface area contributed by atoms with Gasteiger partial charge in [-0.15, -0.1) is 12.4 Å². The lowest BCUT2D eigenvalue weighted by Crippen LogP contribution is -2.73. The number of piperazine rings is 2. The number of methoxy groups -OCH3 is 1. The van der Waals surface area contributed by atoms with Gasteiger partial charge in [-0.2, -0.15) is 0 Å². The maximum absolute atomic E-state index is 11.3. The highest BCUT2D eigenvalue weighted by Crippen LogP contribution is 2.40. The number of nitrogens with zero attached hydrogens (tertiary/aromatic N) is 1. The molecule has 10 nitrogen and oxygen atoms in total. The summed E-state index contributed by atoms with van der Waals surface area (Å²) in [6, 6.07) is -1.05. The molecule has 2 aliphatic heterocycles. The fourth-order valence-corrected chi connectivity index (χ4v) is 3.33. The van der Waals surface area contributed by atoms with Gasteiger partial charge in [0.1, 0.15) is 12.1 Å². The van der Waals surface area contributed by atoms with E-state index < -0.39 is 29.1 Å². The number of halogens is 1. The topological polar surface area (TPSA) is 140 Å². The third kappa shape index (κ3) is 5.94. The first-order valence-electron chi connectivity index (χ1n) is 8.95. The second-order valence-corrected chi connectivity index (χ2v) is 7.79. The zero-order chi connectivity index (χ0) is 20.8. The fraction of sp³-hybridized carbons (Fsp3) is 0.824. The van der Waals surface area contributed by atoms with Crippen LogP contribution in [-0.2, 0) is 14.3 Å². The minimum Gasteiger partial charge on any atom is -0.480 e. The van der Waals surface area contributed by atoms with Crippen molar-refractivity contribution in [2.45, 2.75) is 45.3 Å². The summed E-state index contributed by atoms with van der Waals surface area (Å²) in [4.78, 5) is 34.7. The number of ether oxygens (including phenoxy) is 1. The van der Waals surface area contributed by atoms with Gasteiger partial charge in [0.25, 0.3) is 0 Å². The van der Waals surface area contributed by atoms with Crippen LogP contribution in [-0.4, -0.2) is 90.6 Å². The number of carboxylic acids is 1. The third-order valence-electron chi connectivity index (χ3n) is 5.33. The number of carbonyl (C=O) groups excluding carboxylic acids is 1. The molecule has 2 heterocycles. The van der Waals surface area contributed by atoms with Crippen molar-refractivity contribution in [1.29, 1.82) is 0 Å². The van der Waals surface area contributed by atoms with E-state index in [0.29, 0.717) is 19.6 Å². The molecule has 0 aromatic heterocycles. The summed E-state index contributed by atoms with van der Waals surface area (Å²) in [5, 5.41) is 27.5. The third-order valence-corrected chi connectivity index (χ3v) is 5.33. The van der Waals surface area contributed by atoms with Crippen LogP contribution in [0.5, 0.6) is 0 Å². The molecule has 0 spiro atoms. The van der Waals surface area contributed by atoms with Gasteiger partial charge in [0, 0.05) is 32.7 Å². The lowest BCUT2D eigenvalue weighted by atomic mass is 9.68. The molecule has 3 atom stereocenters. The highest BCUT2D eigenvalue weighted by atomic mass is 35.5. The van der Waals surface area contributed by atoms with Crippen LogP contribution in [0.25, 0.3) is 0 Å². The normalized spacial score (nSPS) is 27.5. The second kappa shape index (κ2) is 10.8. The predicted molar refractivity (Wildman–Crippen MR) is 106 cm³/mol. The molecular weight excluding hydrogens is 392 g/mol. The van der Waals surface area contributed by atoms with E-state index >= 15 is 0 Å². The molecule has 11 heteroatoms. The lowest BCUT2D eigenvalue weighted by Gasteiger charge is -2.54. The van der Waals surface area contributed by atoms with Crippen LogP contribution in [0.2, 0.25) is 0 Å². The minimum atomic E-state index is -1.07. The summed E-state index contributed by atoms with van der Waals surface area (Å²) in [6.07, 6.45) is -1.07. The maximum Gasteiger partial charge on any atom is 0.407 e. The Labute approximate surface area is 171 Å². The fourth-order valence-electron chi connectivity index (χ4n) is 3.33. The molecule has 0 aromatic carbocycles. The minimum absolute atomic E-state index is 0. The number of nitrogens with one attached hydrogen (secondary N) is 3. The van der Waals surface area contributed by atoms with Crippen molar-refractivity contribution < 1.29 is 29.3 Å². The molecule has 2 rings (SSSR count). The molecular formula is C17H33ClN4O6. The number of carboxylic acid groups (broad SMARTS) is 2. The SMILES string of the molecule is CC(C)(C)[C@@]1(C)C(C(=O)O)NCCN1C(=O)O.COC(=O)[C@@H]1CNCCN1.Cl. The van der Waals surface area contributed by atoms with Crippen molar-refractivity contribution in [1.82, 2.24) is 20.9 Å². The first kappa shape index (κ1) is 26.4. The first-order chi connectivity index (χ1) is 12.5. The van der Waals surface area contributed by atoms with Gasteiger partial charge in [-0.25, -0.2) is 4.79 Å². The molecule has 0 saturated carbocycles. The van der Waals surface area contributed by atoms with E-state index in [9.17, 15) is 24.6 Å². The number of hydrogen-bond acceptors (Lipinski definition) is 7. The summed E-state index contributed by atoms with van der Waals surface area (Å²) in [7, 11) is 1.40. The molecule has 164 valence electrons. The van der Waals surface area contributed by atoms with Crippen LogP contribution in [0.4, 0.5) is 4.79 Å². The zero-order valence-electron chi connectivity index (χ0n) is 17.1. The standard InChI is InChI=1S/C11H20N2O4.C6H12N2O2.ClH/c1-10(2,3)11(4)7(8(14)15)12-5-6-13(11)9(16)17;1-10-6(9)5-4-7-2-3-8-5;/h7,12H,5-6H2,1-4H3,(H,14,15)(H,16,17);5,7-8H,2-4H2,1H3;1H/t7?,11-;5-;/m10./s1. The molecule has 5 N–H and O–H groups in total. The largest absolute Gasteiger partial charge is 0.480 e. The Morgan fingerprint density at radius 3 is 2.11 bits per heavy atom. The number of aliphatic carboxylic acids is 1. The highest BCUT2D eigenvalue weighted by Gasteiger charge is 2.55. The smallest absolute Gasteiger partial charge is 0.407 e. The molecule has 0 bridgehead atoms. The number of rotatable bonds is 2. The van der Waals surface area contributed by atoms with E-state index in [0.717, 1.165) is 13.1 Å². The van der Waals surface area contributed by atoms with E-state index in [2.05, 4.69) is 20.7 Å². The van der Waals surface area contributed by atoms with E-state index in [1.54, 1.807) is 6.92 Å². The summed E-state index contributed by atoms with van der Waals surface area (Å²) in [5.41, 5.74) is -1.47. The molecule has 0 aromatic rings. The first-order valence-corrected chi connectivity index (χ1v) is 8.95. The summed E-state index contributed by atoms with van der Waals surface area (Å²) < 4.78 is 4.55. The quantitative estimate of drug-likeness (QED) is 0.386. The summed E-state index contributed by atoms with van der Waals surface area (Å²) in [5.74, 6) is -1.21. The highest BCUT2D eigenvalue weighted by molar-refractivity contribution is 5.85. The zero-order valence-corrected chi connectivity index (χ0v) is 17.9. The molecule has 1 unspecified atom stereocenters. The number of amides is 1. The number of hydrogen-bond donors (Lipinski definition) is 5. The van der Waals surface area contributed by atoms with Gasteiger partial charge in [-0.1, -0.05) is 20.8 Å². The molecule has 0 aliphatic carbocycles. The summed E-state index contributed by atoms with van der Waals surface area (Å²) >= 11 is 0. The van der Waals surface area contributed by atoms with E-state index in [1.807, 2.05) is 20.8 Å². The van der Waals surface area contributed by atoms with Gasteiger partial charge >= 0.3 is 18.0 Å². The Morgan fingerprint density at radius 2 is 1.71 bits per heavy atom. The van der Waals surface area contributed by atoms with E-state index in [4.69, 9.17) is 0 Å². The van der Waals surface area contributed by atoms with Gasteiger partial charge in [0.15, 0.2) is 0 Å². The molecule has 1 amide bonds. The van der Waals surface area contributed by atoms with Gasteiger partial charge in [-0.3, -0.25) is 14.5 Å². The molecule has 28 heavy (non-hydrogen) atoms. The molecule has 0 radical (unpaired) electrons. The average molecular weight is 425 g/mol. The van der Waals surface area contributed by atoms with E-state index in [-0.39, 0.29) is 24.4 Å². The van der Waals surface area contributed by atoms with Crippen LogP contribution in [0, 0.1) is 5.41 Å². The van der Waals surface area contributed by atoms with Crippen LogP contribution in [0.3, 0.4) is 0 Å². The van der Waals surface area contributed by atoms with Crippen molar-refractivity contribution in [2.75, 3.05) is 39.8 Å². The van der Waals surface area contributed by atoms with Crippen LogP contribution < -0.4 is 16.0 Å². The lowest BCUT2D eigenvalue weighted by molar-refractivity contribution is -0.149. The van der Waals surface area contributed by atoms with Crippen LogP contribution in [0.15, 0.2) is 0 Å². The van der Waals surface area contributed by atoms with Crippen molar-refractivity contribution >= 4 is 30.4 Å². The van der Waals surface area contributed by atoms with Crippen molar-refractivity contribution in [2.24, 2.45) is 5.41 Å². The molecule has 2 fully saturated rings. The Bertz CT molecular complexity index is 526. The molecule has 2 saturated heterocycles.